The van der Waals surface area contributed by atoms with Crippen LogP contribution in [0.15, 0.2) is 18.2 Å². The Morgan fingerprint density at radius 1 is 1.56 bits per heavy atom. The first kappa shape index (κ1) is 10.8. The van der Waals surface area contributed by atoms with Crippen molar-refractivity contribution in [2.24, 2.45) is 11.7 Å². The zero-order valence-corrected chi connectivity index (χ0v) is 9.36. The number of nitrogen functional groups attached to an aromatic ring is 1. The van der Waals surface area contributed by atoms with Gasteiger partial charge in [-0.25, -0.2) is 0 Å². The van der Waals surface area contributed by atoms with Crippen LogP contribution in [0.1, 0.15) is 30.1 Å². The molecule has 4 heteroatoms. The maximum Gasteiger partial charge on any atom is 0.248 e. The Balaban J connectivity index is 2.13. The summed E-state index contributed by atoms with van der Waals surface area (Å²) in [5.41, 5.74) is 13.0. The van der Waals surface area contributed by atoms with Gasteiger partial charge in [-0.1, -0.05) is 13.3 Å². The SMILES string of the molecule is CCC1CC1Nc1cc(C(N)=O)ccc1N. The summed E-state index contributed by atoms with van der Waals surface area (Å²) in [4.78, 5) is 11.0. The van der Waals surface area contributed by atoms with E-state index in [9.17, 15) is 4.79 Å². The average molecular weight is 219 g/mol. The molecule has 1 aromatic rings. The van der Waals surface area contributed by atoms with Gasteiger partial charge in [0.1, 0.15) is 0 Å². The summed E-state index contributed by atoms with van der Waals surface area (Å²) in [6, 6.07) is 5.58. The molecule has 1 amide bonds. The lowest BCUT2D eigenvalue weighted by molar-refractivity contribution is 0.100. The lowest BCUT2D eigenvalue weighted by Crippen LogP contribution is -2.13. The van der Waals surface area contributed by atoms with Crippen molar-refractivity contribution in [2.75, 3.05) is 11.1 Å². The van der Waals surface area contributed by atoms with Gasteiger partial charge in [-0.2, -0.15) is 0 Å². The van der Waals surface area contributed by atoms with Crippen molar-refractivity contribution >= 4 is 17.3 Å². The van der Waals surface area contributed by atoms with Crippen LogP contribution in [0.3, 0.4) is 0 Å². The highest BCUT2D eigenvalue weighted by Gasteiger charge is 2.35. The van der Waals surface area contributed by atoms with Crippen molar-refractivity contribution < 1.29 is 4.79 Å². The Labute approximate surface area is 95.0 Å². The summed E-state index contributed by atoms with van der Waals surface area (Å²) in [5.74, 6) is 0.308. The molecule has 1 fully saturated rings. The predicted molar refractivity (Wildman–Crippen MR) is 65.2 cm³/mol. The van der Waals surface area contributed by atoms with Gasteiger partial charge in [-0.15, -0.1) is 0 Å². The number of amides is 1. The third kappa shape index (κ3) is 2.10. The van der Waals surface area contributed by atoms with E-state index in [1.807, 2.05) is 0 Å². The predicted octanol–water partition coefficient (Wildman–Crippen LogP) is 1.58. The Morgan fingerprint density at radius 2 is 2.31 bits per heavy atom. The second-order valence-electron chi connectivity index (χ2n) is 4.32. The summed E-state index contributed by atoms with van der Waals surface area (Å²) in [7, 11) is 0. The van der Waals surface area contributed by atoms with Crippen molar-refractivity contribution in [2.45, 2.75) is 25.8 Å². The third-order valence-electron chi connectivity index (χ3n) is 3.13. The van der Waals surface area contributed by atoms with Crippen LogP contribution in [0.5, 0.6) is 0 Å². The number of anilines is 2. The van der Waals surface area contributed by atoms with Crippen molar-refractivity contribution in [3.63, 3.8) is 0 Å². The van der Waals surface area contributed by atoms with Crippen LogP contribution in [0.2, 0.25) is 0 Å². The molecule has 1 saturated carbocycles. The second-order valence-corrected chi connectivity index (χ2v) is 4.32. The molecule has 1 aromatic carbocycles. The first-order valence-electron chi connectivity index (χ1n) is 5.57. The quantitative estimate of drug-likeness (QED) is 0.672. The summed E-state index contributed by atoms with van der Waals surface area (Å²) >= 11 is 0. The standard InChI is InChI=1S/C12H17N3O/c1-2-7-5-10(7)15-11-6-8(12(14)16)3-4-9(11)13/h3-4,6-7,10,15H,2,5,13H2,1H3,(H2,14,16). The van der Waals surface area contributed by atoms with Crippen LogP contribution in [0.25, 0.3) is 0 Å². The fourth-order valence-electron chi connectivity index (χ4n) is 1.91. The molecule has 0 saturated heterocycles. The summed E-state index contributed by atoms with van der Waals surface area (Å²) in [6.45, 7) is 2.18. The number of hydrogen-bond donors (Lipinski definition) is 3. The van der Waals surface area contributed by atoms with E-state index in [2.05, 4.69) is 12.2 Å². The van der Waals surface area contributed by atoms with Gasteiger partial charge in [0.05, 0.1) is 11.4 Å². The van der Waals surface area contributed by atoms with E-state index < -0.39 is 5.91 Å². The van der Waals surface area contributed by atoms with Gasteiger partial charge < -0.3 is 16.8 Å². The maximum absolute atomic E-state index is 11.0. The molecule has 1 aliphatic carbocycles. The average Bonchev–Trinajstić information content (AvgIpc) is 2.99. The smallest absolute Gasteiger partial charge is 0.248 e. The molecule has 86 valence electrons. The Bertz CT molecular complexity index is 417. The Kier molecular flexibility index (Phi) is 2.73. The van der Waals surface area contributed by atoms with Crippen LogP contribution >= 0.6 is 0 Å². The van der Waals surface area contributed by atoms with Gasteiger partial charge in [0, 0.05) is 11.6 Å². The van der Waals surface area contributed by atoms with E-state index >= 15 is 0 Å². The molecule has 4 nitrogen and oxygen atoms in total. The molecule has 1 aliphatic rings. The van der Waals surface area contributed by atoms with Crippen molar-refractivity contribution in [3.8, 4) is 0 Å². The molecular weight excluding hydrogens is 202 g/mol. The summed E-state index contributed by atoms with van der Waals surface area (Å²) in [6.07, 6.45) is 2.35. The van der Waals surface area contributed by atoms with Gasteiger partial charge in [0.15, 0.2) is 0 Å². The summed E-state index contributed by atoms with van der Waals surface area (Å²) < 4.78 is 0. The number of carbonyl (C=O) groups excluding carboxylic acids is 1. The first-order chi connectivity index (χ1) is 7.61. The maximum atomic E-state index is 11.0. The second kappa shape index (κ2) is 4.04. The highest BCUT2D eigenvalue weighted by atomic mass is 16.1. The van der Waals surface area contributed by atoms with Crippen LogP contribution < -0.4 is 16.8 Å². The van der Waals surface area contributed by atoms with Crippen molar-refractivity contribution in [1.82, 2.24) is 0 Å². The fourth-order valence-corrected chi connectivity index (χ4v) is 1.91. The Hall–Kier alpha value is -1.71. The number of hydrogen-bond acceptors (Lipinski definition) is 3. The minimum atomic E-state index is -0.425. The van der Waals surface area contributed by atoms with Crippen molar-refractivity contribution in [3.05, 3.63) is 23.8 Å². The number of primary amides is 1. The van der Waals surface area contributed by atoms with Crippen LogP contribution in [0, 0.1) is 5.92 Å². The number of nitrogens with one attached hydrogen (secondary N) is 1. The molecule has 0 aromatic heterocycles. The van der Waals surface area contributed by atoms with Crippen LogP contribution in [0.4, 0.5) is 11.4 Å². The number of carbonyl (C=O) groups is 1. The van der Waals surface area contributed by atoms with E-state index in [0.717, 1.165) is 11.6 Å². The van der Waals surface area contributed by atoms with Gasteiger partial charge in [-0.3, -0.25) is 4.79 Å². The van der Waals surface area contributed by atoms with E-state index in [1.165, 1.54) is 12.8 Å². The monoisotopic (exact) mass is 219 g/mol. The molecule has 5 N–H and O–H groups in total. The molecule has 0 spiro atoms. The molecule has 0 heterocycles. The van der Waals surface area contributed by atoms with Crippen LogP contribution in [-0.2, 0) is 0 Å². The molecule has 0 aliphatic heterocycles. The zero-order chi connectivity index (χ0) is 11.7. The number of rotatable bonds is 4. The molecule has 16 heavy (non-hydrogen) atoms. The largest absolute Gasteiger partial charge is 0.397 e. The van der Waals surface area contributed by atoms with Gasteiger partial charge in [0.25, 0.3) is 0 Å². The van der Waals surface area contributed by atoms with Gasteiger partial charge in [-0.05, 0) is 30.5 Å². The minimum Gasteiger partial charge on any atom is -0.397 e. The molecule has 0 radical (unpaired) electrons. The number of benzene rings is 1. The van der Waals surface area contributed by atoms with Crippen LogP contribution in [-0.4, -0.2) is 11.9 Å². The van der Waals surface area contributed by atoms with E-state index in [1.54, 1.807) is 18.2 Å². The van der Waals surface area contributed by atoms with Crippen molar-refractivity contribution in [1.29, 1.82) is 0 Å². The number of nitrogens with two attached hydrogens (primary N) is 2. The zero-order valence-electron chi connectivity index (χ0n) is 9.36. The van der Waals surface area contributed by atoms with Gasteiger partial charge in [0.2, 0.25) is 5.91 Å². The molecule has 0 bridgehead atoms. The topological polar surface area (TPSA) is 81.1 Å². The molecule has 2 rings (SSSR count). The molecule has 2 atom stereocenters. The lowest BCUT2D eigenvalue weighted by Gasteiger charge is -2.09. The van der Waals surface area contributed by atoms with E-state index in [4.69, 9.17) is 11.5 Å². The van der Waals surface area contributed by atoms with Gasteiger partial charge >= 0.3 is 0 Å². The Morgan fingerprint density at radius 3 is 2.88 bits per heavy atom. The third-order valence-corrected chi connectivity index (χ3v) is 3.13. The first-order valence-corrected chi connectivity index (χ1v) is 5.57. The van der Waals surface area contributed by atoms with E-state index in [0.29, 0.717) is 17.3 Å². The molecule has 2 unspecified atom stereocenters. The highest BCUT2D eigenvalue weighted by molar-refractivity contribution is 5.95. The molecular formula is C12H17N3O. The van der Waals surface area contributed by atoms with E-state index in [-0.39, 0.29) is 0 Å². The minimum absolute atomic E-state index is 0.425. The normalized spacial score (nSPS) is 22.8. The fraction of sp³-hybridized carbons (Fsp3) is 0.417. The lowest BCUT2D eigenvalue weighted by atomic mass is 10.1. The summed E-state index contributed by atoms with van der Waals surface area (Å²) in [5, 5.41) is 3.35. The highest BCUT2D eigenvalue weighted by Crippen LogP contribution is 2.37.